The van der Waals surface area contributed by atoms with Gasteiger partial charge in [0, 0.05) is 5.69 Å². The fourth-order valence-electron chi connectivity index (χ4n) is 1.11. The lowest BCUT2D eigenvalue weighted by atomic mass is 10.2. The molecule has 4 nitrogen and oxygen atoms in total. The number of para-hydroxylation sites is 1. The van der Waals surface area contributed by atoms with Gasteiger partial charge in [-0.05, 0) is 12.1 Å². The lowest BCUT2D eigenvalue weighted by Gasteiger charge is -2.09. The Morgan fingerprint density at radius 3 is 2.80 bits per heavy atom. The number of hydrogen-bond donors (Lipinski definition) is 2. The monoisotopic (exact) mass is 224 g/mol. The number of anilines is 1. The standard InChI is InChI=1S/C10H12N2O2S/c1-14-10(13)7-4-2-3-5-8(7)12-6-9(11)15/h2-5,12H,6H2,1H3,(H2,11,15). The van der Waals surface area contributed by atoms with Gasteiger partial charge in [0.25, 0.3) is 0 Å². The van der Waals surface area contributed by atoms with Crippen LogP contribution >= 0.6 is 12.2 Å². The van der Waals surface area contributed by atoms with E-state index in [0.717, 1.165) is 0 Å². The Balaban J connectivity index is 2.86. The molecule has 0 bridgehead atoms. The van der Waals surface area contributed by atoms with Crippen LogP contribution in [-0.4, -0.2) is 24.6 Å². The fraction of sp³-hybridized carbons (Fsp3) is 0.200. The molecule has 1 rings (SSSR count). The minimum atomic E-state index is -0.388. The van der Waals surface area contributed by atoms with Crippen LogP contribution in [0.25, 0.3) is 0 Å². The van der Waals surface area contributed by atoms with E-state index in [1.54, 1.807) is 18.2 Å². The summed E-state index contributed by atoms with van der Waals surface area (Å²) in [6.07, 6.45) is 0. The van der Waals surface area contributed by atoms with Gasteiger partial charge in [-0.3, -0.25) is 0 Å². The highest BCUT2D eigenvalue weighted by Gasteiger charge is 2.10. The Kier molecular flexibility index (Phi) is 4.05. The van der Waals surface area contributed by atoms with Crippen molar-refractivity contribution in [3.63, 3.8) is 0 Å². The molecule has 0 saturated heterocycles. The van der Waals surface area contributed by atoms with E-state index in [4.69, 9.17) is 18.0 Å². The van der Waals surface area contributed by atoms with Gasteiger partial charge in [-0.25, -0.2) is 4.79 Å². The van der Waals surface area contributed by atoms with E-state index in [9.17, 15) is 4.79 Å². The molecule has 0 spiro atoms. The molecule has 0 radical (unpaired) electrons. The molecule has 0 aromatic heterocycles. The molecule has 0 aliphatic rings. The number of methoxy groups -OCH3 is 1. The number of rotatable bonds is 4. The van der Waals surface area contributed by atoms with Crippen molar-refractivity contribution in [2.45, 2.75) is 0 Å². The quantitative estimate of drug-likeness (QED) is 0.593. The highest BCUT2D eigenvalue weighted by atomic mass is 32.1. The van der Waals surface area contributed by atoms with Crippen LogP contribution in [0.1, 0.15) is 10.4 Å². The lowest BCUT2D eigenvalue weighted by molar-refractivity contribution is 0.0602. The first-order valence-corrected chi connectivity index (χ1v) is 4.75. The van der Waals surface area contributed by atoms with Crippen LogP contribution in [0.5, 0.6) is 0 Å². The molecule has 0 aliphatic heterocycles. The summed E-state index contributed by atoms with van der Waals surface area (Å²) in [6.45, 7) is 0.351. The van der Waals surface area contributed by atoms with E-state index >= 15 is 0 Å². The molecular weight excluding hydrogens is 212 g/mol. The molecular formula is C10H12N2O2S. The summed E-state index contributed by atoms with van der Waals surface area (Å²) in [5.41, 5.74) is 6.48. The van der Waals surface area contributed by atoms with Crippen molar-refractivity contribution < 1.29 is 9.53 Å². The van der Waals surface area contributed by atoms with Crippen LogP contribution in [0, 0.1) is 0 Å². The number of nitrogens with one attached hydrogen (secondary N) is 1. The minimum Gasteiger partial charge on any atom is -0.465 e. The van der Waals surface area contributed by atoms with Crippen molar-refractivity contribution in [2.75, 3.05) is 19.0 Å². The average Bonchev–Trinajstić information content (AvgIpc) is 2.25. The van der Waals surface area contributed by atoms with E-state index in [1.165, 1.54) is 7.11 Å². The summed E-state index contributed by atoms with van der Waals surface area (Å²) in [4.78, 5) is 11.7. The molecule has 0 aliphatic carbocycles. The minimum absolute atomic E-state index is 0.342. The van der Waals surface area contributed by atoms with E-state index in [2.05, 4.69) is 10.1 Å². The molecule has 0 unspecified atom stereocenters. The first-order valence-electron chi connectivity index (χ1n) is 4.34. The highest BCUT2D eigenvalue weighted by molar-refractivity contribution is 7.80. The number of hydrogen-bond acceptors (Lipinski definition) is 4. The zero-order valence-corrected chi connectivity index (χ0v) is 9.14. The highest BCUT2D eigenvalue weighted by Crippen LogP contribution is 2.15. The summed E-state index contributed by atoms with van der Waals surface area (Å²) in [6, 6.07) is 7.02. The number of nitrogens with two attached hydrogens (primary N) is 1. The third kappa shape index (κ3) is 3.21. The summed E-state index contributed by atoms with van der Waals surface area (Å²) in [5.74, 6) is -0.388. The van der Waals surface area contributed by atoms with Gasteiger partial charge in [0.15, 0.2) is 0 Å². The number of thiocarbonyl (C=S) groups is 1. The summed E-state index contributed by atoms with van der Waals surface area (Å²) >= 11 is 4.73. The zero-order valence-electron chi connectivity index (χ0n) is 8.32. The number of ether oxygens (including phenoxy) is 1. The van der Waals surface area contributed by atoms with Crippen molar-refractivity contribution in [3.05, 3.63) is 29.8 Å². The van der Waals surface area contributed by atoms with Crippen molar-refractivity contribution in [3.8, 4) is 0 Å². The summed E-state index contributed by atoms with van der Waals surface area (Å²) in [7, 11) is 1.34. The van der Waals surface area contributed by atoms with Gasteiger partial charge in [-0.1, -0.05) is 24.4 Å². The van der Waals surface area contributed by atoms with Crippen LogP contribution in [0.2, 0.25) is 0 Å². The second-order valence-electron chi connectivity index (χ2n) is 2.86. The number of benzene rings is 1. The molecule has 80 valence electrons. The second kappa shape index (κ2) is 5.31. The maximum Gasteiger partial charge on any atom is 0.339 e. The van der Waals surface area contributed by atoms with Crippen molar-refractivity contribution >= 4 is 28.9 Å². The van der Waals surface area contributed by atoms with Crippen molar-refractivity contribution in [1.29, 1.82) is 0 Å². The Morgan fingerprint density at radius 1 is 1.53 bits per heavy atom. The predicted octanol–water partition coefficient (Wildman–Crippen LogP) is 1.17. The van der Waals surface area contributed by atoms with Crippen molar-refractivity contribution in [1.82, 2.24) is 0 Å². The fourth-order valence-corrected chi connectivity index (χ4v) is 1.18. The smallest absolute Gasteiger partial charge is 0.339 e. The van der Waals surface area contributed by atoms with Crippen LogP contribution in [-0.2, 0) is 4.74 Å². The van der Waals surface area contributed by atoms with E-state index < -0.39 is 0 Å². The van der Waals surface area contributed by atoms with Gasteiger partial charge in [0.1, 0.15) is 0 Å². The van der Waals surface area contributed by atoms with Crippen LogP contribution < -0.4 is 11.1 Å². The van der Waals surface area contributed by atoms with Gasteiger partial charge < -0.3 is 15.8 Å². The predicted molar refractivity (Wildman–Crippen MR) is 63.1 cm³/mol. The molecule has 0 fully saturated rings. The van der Waals surface area contributed by atoms with Gasteiger partial charge in [-0.15, -0.1) is 0 Å². The van der Waals surface area contributed by atoms with Crippen LogP contribution in [0.3, 0.4) is 0 Å². The van der Waals surface area contributed by atoms with Gasteiger partial charge in [0.05, 0.1) is 24.2 Å². The first-order chi connectivity index (χ1) is 7.15. The molecule has 0 saturated carbocycles. The maximum atomic E-state index is 11.4. The van der Waals surface area contributed by atoms with E-state index in [0.29, 0.717) is 22.8 Å². The first kappa shape index (κ1) is 11.5. The summed E-state index contributed by atoms with van der Waals surface area (Å²) in [5, 5.41) is 2.96. The van der Waals surface area contributed by atoms with Crippen LogP contribution in [0.15, 0.2) is 24.3 Å². The number of esters is 1. The third-order valence-corrected chi connectivity index (χ3v) is 1.93. The van der Waals surface area contributed by atoms with Gasteiger partial charge in [-0.2, -0.15) is 0 Å². The van der Waals surface area contributed by atoms with Crippen molar-refractivity contribution in [2.24, 2.45) is 5.73 Å². The normalized spacial score (nSPS) is 9.40. The average molecular weight is 224 g/mol. The number of carbonyl (C=O) groups is 1. The van der Waals surface area contributed by atoms with E-state index in [1.807, 2.05) is 6.07 Å². The maximum absolute atomic E-state index is 11.4. The van der Waals surface area contributed by atoms with Crippen LogP contribution in [0.4, 0.5) is 5.69 Å². The second-order valence-corrected chi connectivity index (χ2v) is 3.38. The Hall–Kier alpha value is -1.62. The lowest BCUT2D eigenvalue weighted by Crippen LogP contribution is -2.21. The Bertz CT molecular complexity index is 379. The molecule has 0 atom stereocenters. The molecule has 15 heavy (non-hydrogen) atoms. The topological polar surface area (TPSA) is 64.3 Å². The molecule has 3 N–H and O–H groups in total. The largest absolute Gasteiger partial charge is 0.465 e. The van der Waals surface area contributed by atoms with E-state index in [-0.39, 0.29) is 5.97 Å². The van der Waals surface area contributed by atoms with Gasteiger partial charge >= 0.3 is 5.97 Å². The zero-order chi connectivity index (χ0) is 11.3. The summed E-state index contributed by atoms with van der Waals surface area (Å²) < 4.78 is 4.64. The van der Waals surface area contributed by atoms with Gasteiger partial charge in [0.2, 0.25) is 0 Å². The Labute approximate surface area is 93.4 Å². The molecule has 1 aromatic carbocycles. The third-order valence-electron chi connectivity index (χ3n) is 1.79. The molecule has 5 heteroatoms. The Morgan fingerprint density at radius 2 is 2.20 bits per heavy atom. The molecule has 1 aromatic rings. The number of carbonyl (C=O) groups excluding carboxylic acids is 1. The SMILES string of the molecule is COC(=O)c1ccccc1NCC(N)=S. The molecule has 0 heterocycles. The molecule has 0 amide bonds.